The van der Waals surface area contributed by atoms with Gasteiger partial charge in [-0.15, -0.1) is 0 Å². The number of nitrogens with one attached hydrogen (secondary N) is 1. The second-order valence-corrected chi connectivity index (χ2v) is 5.29. The van der Waals surface area contributed by atoms with Gasteiger partial charge in [0.2, 0.25) is 0 Å². The zero-order chi connectivity index (χ0) is 17.0. The second kappa shape index (κ2) is 6.91. The standard InChI is InChI=1S/C17H18N2O4/c1-11-4-5-12(2)17(13(11)3)23-10-16(20)18-14-6-8-15(9-7-14)19(21)22/h4-9H,10H2,1-3H3,(H,18,20). The van der Waals surface area contributed by atoms with Crippen LogP contribution in [0.2, 0.25) is 0 Å². The van der Waals surface area contributed by atoms with Crippen LogP contribution in [0.3, 0.4) is 0 Å². The highest BCUT2D eigenvalue weighted by Gasteiger charge is 2.10. The highest BCUT2D eigenvalue weighted by atomic mass is 16.6. The third-order valence-electron chi connectivity index (χ3n) is 3.58. The maximum Gasteiger partial charge on any atom is 0.269 e. The monoisotopic (exact) mass is 314 g/mol. The minimum Gasteiger partial charge on any atom is -0.483 e. The van der Waals surface area contributed by atoms with Gasteiger partial charge in [0.05, 0.1) is 4.92 Å². The SMILES string of the molecule is Cc1ccc(C)c(OCC(=O)Nc2ccc([N+](=O)[O-])cc2)c1C. The van der Waals surface area contributed by atoms with Gasteiger partial charge in [-0.3, -0.25) is 14.9 Å². The molecule has 0 aliphatic heterocycles. The number of rotatable bonds is 5. The van der Waals surface area contributed by atoms with Crippen LogP contribution >= 0.6 is 0 Å². The first-order chi connectivity index (χ1) is 10.9. The highest BCUT2D eigenvalue weighted by Crippen LogP contribution is 2.25. The molecule has 2 aromatic rings. The highest BCUT2D eigenvalue weighted by molar-refractivity contribution is 5.92. The summed E-state index contributed by atoms with van der Waals surface area (Å²) in [4.78, 5) is 22.0. The summed E-state index contributed by atoms with van der Waals surface area (Å²) in [6.07, 6.45) is 0. The van der Waals surface area contributed by atoms with Crippen LogP contribution in [0.1, 0.15) is 16.7 Å². The summed E-state index contributed by atoms with van der Waals surface area (Å²) < 4.78 is 5.62. The minimum atomic E-state index is -0.488. The molecule has 0 fully saturated rings. The number of non-ortho nitro benzene ring substituents is 1. The van der Waals surface area contributed by atoms with Crippen molar-refractivity contribution in [2.75, 3.05) is 11.9 Å². The molecule has 0 atom stereocenters. The number of anilines is 1. The molecule has 0 saturated heterocycles. The van der Waals surface area contributed by atoms with Gasteiger partial charge in [-0.2, -0.15) is 0 Å². The average molecular weight is 314 g/mol. The van der Waals surface area contributed by atoms with Gasteiger partial charge in [0.25, 0.3) is 11.6 Å². The number of hydrogen-bond donors (Lipinski definition) is 1. The van der Waals surface area contributed by atoms with E-state index in [1.165, 1.54) is 24.3 Å². The van der Waals surface area contributed by atoms with Crippen molar-refractivity contribution < 1.29 is 14.5 Å². The van der Waals surface area contributed by atoms with Crippen LogP contribution in [0.25, 0.3) is 0 Å². The number of nitro groups is 1. The summed E-state index contributed by atoms with van der Waals surface area (Å²) in [5.41, 5.74) is 3.54. The lowest BCUT2D eigenvalue weighted by atomic mass is 10.1. The van der Waals surface area contributed by atoms with Crippen LogP contribution in [-0.4, -0.2) is 17.4 Å². The van der Waals surface area contributed by atoms with E-state index in [9.17, 15) is 14.9 Å². The van der Waals surface area contributed by atoms with Crippen molar-refractivity contribution in [3.8, 4) is 5.75 Å². The predicted molar refractivity (Wildman–Crippen MR) is 87.9 cm³/mol. The molecular weight excluding hydrogens is 296 g/mol. The fourth-order valence-corrected chi connectivity index (χ4v) is 2.15. The first-order valence-corrected chi connectivity index (χ1v) is 7.12. The molecule has 0 radical (unpaired) electrons. The number of amides is 1. The topological polar surface area (TPSA) is 81.5 Å². The zero-order valence-electron chi connectivity index (χ0n) is 13.3. The van der Waals surface area contributed by atoms with Crippen LogP contribution in [0.4, 0.5) is 11.4 Å². The Morgan fingerprint density at radius 3 is 2.30 bits per heavy atom. The number of carbonyl (C=O) groups excluding carboxylic acids is 1. The third-order valence-corrected chi connectivity index (χ3v) is 3.58. The average Bonchev–Trinajstić information content (AvgIpc) is 2.51. The van der Waals surface area contributed by atoms with Gasteiger partial charge in [-0.05, 0) is 49.6 Å². The van der Waals surface area contributed by atoms with Gasteiger partial charge in [0.15, 0.2) is 6.61 Å². The fraction of sp³-hybridized carbons (Fsp3) is 0.235. The quantitative estimate of drug-likeness (QED) is 0.676. The summed E-state index contributed by atoms with van der Waals surface area (Å²) >= 11 is 0. The van der Waals surface area contributed by atoms with Gasteiger partial charge in [0.1, 0.15) is 5.75 Å². The number of aryl methyl sites for hydroxylation is 2. The number of nitrogens with zero attached hydrogens (tertiary/aromatic N) is 1. The Kier molecular flexibility index (Phi) is 4.95. The smallest absolute Gasteiger partial charge is 0.269 e. The van der Waals surface area contributed by atoms with Gasteiger partial charge in [0, 0.05) is 17.8 Å². The number of ether oxygens (including phenoxy) is 1. The van der Waals surface area contributed by atoms with Gasteiger partial charge in [-0.25, -0.2) is 0 Å². The van der Waals surface area contributed by atoms with Gasteiger partial charge >= 0.3 is 0 Å². The van der Waals surface area contributed by atoms with Gasteiger partial charge < -0.3 is 10.1 Å². The predicted octanol–water partition coefficient (Wildman–Crippen LogP) is 3.54. The molecule has 120 valence electrons. The lowest BCUT2D eigenvalue weighted by Gasteiger charge is -2.13. The molecule has 23 heavy (non-hydrogen) atoms. The summed E-state index contributed by atoms with van der Waals surface area (Å²) in [5, 5.41) is 13.2. The van der Waals surface area contributed by atoms with Crippen molar-refractivity contribution >= 4 is 17.3 Å². The molecule has 2 rings (SSSR count). The van der Waals surface area contributed by atoms with E-state index in [-0.39, 0.29) is 18.2 Å². The molecule has 2 aromatic carbocycles. The Morgan fingerprint density at radius 1 is 1.09 bits per heavy atom. The molecule has 0 saturated carbocycles. The molecule has 0 bridgehead atoms. The zero-order valence-corrected chi connectivity index (χ0v) is 13.3. The summed E-state index contributed by atoms with van der Waals surface area (Å²) in [5.74, 6) is 0.392. The molecule has 1 amide bonds. The van der Waals surface area contributed by atoms with Gasteiger partial charge in [-0.1, -0.05) is 12.1 Å². The first-order valence-electron chi connectivity index (χ1n) is 7.12. The molecular formula is C17H18N2O4. The van der Waals surface area contributed by atoms with E-state index in [4.69, 9.17) is 4.74 Å². The molecule has 0 aromatic heterocycles. The Balaban J connectivity index is 1.98. The van der Waals surface area contributed by atoms with E-state index < -0.39 is 4.92 Å². The Hall–Kier alpha value is -2.89. The van der Waals surface area contributed by atoms with E-state index >= 15 is 0 Å². The first kappa shape index (κ1) is 16.5. The number of nitro benzene ring substituents is 1. The second-order valence-electron chi connectivity index (χ2n) is 5.29. The lowest BCUT2D eigenvalue weighted by Crippen LogP contribution is -2.20. The van der Waals surface area contributed by atoms with Crippen molar-refractivity contribution in [1.29, 1.82) is 0 Å². The van der Waals surface area contributed by atoms with Crippen LogP contribution in [0.5, 0.6) is 5.75 Å². The van der Waals surface area contributed by atoms with Crippen molar-refractivity contribution in [3.05, 3.63) is 63.2 Å². The molecule has 6 heteroatoms. The molecule has 0 unspecified atom stereocenters. The van der Waals surface area contributed by atoms with Crippen LogP contribution in [-0.2, 0) is 4.79 Å². The fourth-order valence-electron chi connectivity index (χ4n) is 2.15. The van der Waals surface area contributed by atoms with Crippen LogP contribution in [0, 0.1) is 30.9 Å². The van der Waals surface area contributed by atoms with E-state index in [0.29, 0.717) is 11.4 Å². The van der Waals surface area contributed by atoms with E-state index in [0.717, 1.165) is 16.7 Å². The van der Waals surface area contributed by atoms with E-state index in [2.05, 4.69) is 5.32 Å². The Bertz CT molecular complexity index is 739. The maximum absolute atomic E-state index is 11.9. The van der Waals surface area contributed by atoms with Crippen LogP contribution < -0.4 is 10.1 Å². The van der Waals surface area contributed by atoms with Crippen molar-refractivity contribution in [1.82, 2.24) is 0 Å². The Labute approximate surface area is 134 Å². The van der Waals surface area contributed by atoms with Crippen LogP contribution in [0.15, 0.2) is 36.4 Å². The Morgan fingerprint density at radius 2 is 1.70 bits per heavy atom. The number of carbonyl (C=O) groups is 1. The van der Waals surface area contributed by atoms with Crippen molar-refractivity contribution in [3.63, 3.8) is 0 Å². The van der Waals surface area contributed by atoms with Crippen molar-refractivity contribution in [2.45, 2.75) is 20.8 Å². The van der Waals surface area contributed by atoms with E-state index in [1.807, 2.05) is 32.9 Å². The molecule has 0 spiro atoms. The normalized spacial score (nSPS) is 10.2. The number of benzene rings is 2. The summed E-state index contributed by atoms with van der Waals surface area (Å²) in [6.45, 7) is 5.74. The lowest BCUT2D eigenvalue weighted by molar-refractivity contribution is -0.384. The molecule has 0 aliphatic carbocycles. The summed E-state index contributed by atoms with van der Waals surface area (Å²) in [6, 6.07) is 9.61. The molecule has 0 heterocycles. The number of hydrogen-bond acceptors (Lipinski definition) is 4. The third kappa shape index (κ3) is 4.06. The van der Waals surface area contributed by atoms with Crippen molar-refractivity contribution in [2.24, 2.45) is 0 Å². The van der Waals surface area contributed by atoms with E-state index in [1.54, 1.807) is 0 Å². The summed E-state index contributed by atoms with van der Waals surface area (Å²) in [7, 11) is 0. The maximum atomic E-state index is 11.9. The minimum absolute atomic E-state index is 0.0229. The molecule has 1 N–H and O–H groups in total. The molecule has 6 nitrogen and oxygen atoms in total. The molecule has 0 aliphatic rings. The largest absolute Gasteiger partial charge is 0.483 e.